The number of aromatic carboxylic acids is 1. The second-order valence-electron chi connectivity index (χ2n) is 11.4. The lowest BCUT2D eigenvalue weighted by molar-refractivity contribution is -0.151. The van der Waals surface area contributed by atoms with Gasteiger partial charge in [-0.15, -0.1) is 11.3 Å². The van der Waals surface area contributed by atoms with Crippen LogP contribution in [0.1, 0.15) is 108 Å². The molecule has 2 heterocycles. The zero-order valence-corrected chi connectivity index (χ0v) is 26.4. The summed E-state index contributed by atoms with van der Waals surface area (Å²) in [5, 5.41) is 11.5. The quantitative estimate of drug-likeness (QED) is 0.222. The standard InChI is InChI=1S/C30H51N3O6S/c1-8-15-39-27(28-31-23(18-40-28)30(36)37)17-25(20(4)5)33(19-38-10-3)29(35)22(21(6)9-2)16-26(34)24-13-11-12-14-32(24)7/h18,20-22,24-25,27H,8-17,19H2,1-7H3,(H,36,37)/t21-,22-,24+,25+,27+/m0/s1. The van der Waals surface area contributed by atoms with E-state index in [1.54, 1.807) is 4.90 Å². The van der Waals surface area contributed by atoms with Gasteiger partial charge < -0.3 is 19.5 Å². The summed E-state index contributed by atoms with van der Waals surface area (Å²) < 4.78 is 12.0. The SMILES string of the molecule is CCCO[C@H](C[C@H](C(C)C)N(COCC)C(=O)[C@@H](CC(=O)[C@H]1CCCCN1C)[C@@H](C)CC)c1nc(C(=O)O)cs1. The number of carboxylic acid groups (broad SMARTS) is 1. The van der Waals surface area contributed by atoms with Crippen molar-refractivity contribution in [3.05, 3.63) is 16.1 Å². The Morgan fingerprint density at radius 2 is 1.93 bits per heavy atom. The maximum atomic E-state index is 14.4. The maximum Gasteiger partial charge on any atom is 0.355 e. The van der Waals surface area contributed by atoms with Gasteiger partial charge in [-0.25, -0.2) is 9.78 Å². The van der Waals surface area contributed by atoms with Crippen molar-refractivity contribution in [1.29, 1.82) is 0 Å². The van der Waals surface area contributed by atoms with E-state index in [0.717, 1.165) is 38.6 Å². The first-order valence-corrected chi connectivity index (χ1v) is 15.8. The van der Waals surface area contributed by atoms with Crippen LogP contribution in [-0.4, -0.2) is 83.2 Å². The van der Waals surface area contributed by atoms with E-state index in [2.05, 4.69) is 37.6 Å². The number of likely N-dealkylation sites (tertiary alicyclic amines) is 1. The molecule has 40 heavy (non-hydrogen) atoms. The fourth-order valence-electron chi connectivity index (χ4n) is 5.39. The number of thiazole rings is 1. The Morgan fingerprint density at radius 3 is 2.48 bits per heavy atom. The number of likely N-dealkylation sites (N-methyl/N-ethyl adjacent to an activating group) is 1. The van der Waals surface area contributed by atoms with Crippen molar-refractivity contribution in [3.8, 4) is 0 Å². The van der Waals surface area contributed by atoms with Gasteiger partial charge in [0.05, 0.1) is 6.04 Å². The number of hydrogen-bond donors (Lipinski definition) is 1. The lowest BCUT2D eigenvalue weighted by atomic mass is 9.82. The third kappa shape index (κ3) is 9.60. The zero-order chi connectivity index (χ0) is 29.8. The van der Waals surface area contributed by atoms with Crippen LogP contribution in [0.5, 0.6) is 0 Å². The summed E-state index contributed by atoms with van der Waals surface area (Å²) in [5.74, 6) is -1.34. The molecule has 1 N–H and O–H groups in total. The molecule has 228 valence electrons. The molecule has 0 unspecified atom stereocenters. The summed E-state index contributed by atoms with van der Waals surface area (Å²) >= 11 is 1.27. The summed E-state index contributed by atoms with van der Waals surface area (Å²) in [6, 6.07) is -0.383. The minimum Gasteiger partial charge on any atom is -0.476 e. The summed E-state index contributed by atoms with van der Waals surface area (Å²) in [4.78, 5) is 47.6. The number of carboxylic acids is 1. The predicted octanol–water partition coefficient (Wildman–Crippen LogP) is 5.65. The van der Waals surface area contributed by atoms with E-state index in [0.29, 0.717) is 24.6 Å². The highest BCUT2D eigenvalue weighted by Gasteiger charge is 2.38. The highest BCUT2D eigenvalue weighted by molar-refractivity contribution is 7.09. The Balaban J connectivity index is 2.39. The topological polar surface area (TPSA) is 109 Å². The van der Waals surface area contributed by atoms with Crippen molar-refractivity contribution in [2.45, 2.75) is 105 Å². The predicted molar refractivity (Wildman–Crippen MR) is 157 cm³/mol. The number of rotatable bonds is 18. The Morgan fingerprint density at radius 1 is 1.20 bits per heavy atom. The van der Waals surface area contributed by atoms with Crippen LogP contribution >= 0.6 is 11.3 Å². The Hall–Kier alpha value is -1.88. The summed E-state index contributed by atoms with van der Waals surface area (Å²) in [5.41, 5.74) is -0.00327. The molecule has 0 aliphatic carbocycles. The van der Waals surface area contributed by atoms with Crippen LogP contribution in [0.4, 0.5) is 0 Å². The molecule has 1 aliphatic rings. The van der Waals surface area contributed by atoms with Gasteiger partial charge in [0.2, 0.25) is 5.91 Å². The molecular formula is C30H51N3O6S. The molecule has 1 amide bonds. The minimum atomic E-state index is -1.07. The second-order valence-corrected chi connectivity index (χ2v) is 12.3. The van der Waals surface area contributed by atoms with Crippen molar-refractivity contribution < 1.29 is 29.0 Å². The van der Waals surface area contributed by atoms with E-state index in [1.807, 2.05) is 20.9 Å². The molecular weight excluding hydrogens is 530 g/mol. The molecule has 0 spiro atoms. The van der Waals surface area contributed by atoms with Crippen molar-refractivity contribution in [3.63, 3.8) is 0 Å². The number of carbonyl (C=O) groups excluding carboxylic acids is 2. The molecule has 0 bridgehead atoms. The van der Waals surface area contributed by atoms with Crippen LogP contribution in [-0.2, 0) is 19.1 Å². The molecule has 5 atom stereocenters. The van der Waals surface area contributed by atoms with Crippen LogP contribution in [0, 0.1) is 17.8 Å². The fraction of sp³-hybridized carbons (Fsp3) is 0.800. The van der Waals surface area contributed by atoms with Gasteiger partial charge in [0, 0.05) is 43.4 Å². The Kier molecular flexibility index (Phi) is 14.7. The number of Topliss-reactive ketones (excluding diaryl/α,β-unsaturated/α-hetero) is 1. The molecule has 0 radical (unpaired) electrons. The highest BCUT2D eigenvalue weighted by Crippen LogP contribution is 2.33. The van der Waals surface area contributed by atoms with Crippen molar-refractivity contribution in [2.75, 3.05) is 33.5 Å². The van der Waals surface area contributed by atoms with E-state index in [9.17, 15) is 19.5 Å². The van der Waals surface area contributed by atoms with Gasteiger partial charge >= 0.3 is 5.97 Å². The monoisotopic (exact) mass is 581 g/mol. The molecule has 0 aromatic carbocycles. The van der Waals surface area contributed by atoms with Crippen LogP contribution in [0.25, 0.3) is 0 Å². The van der Waals surface area contributed by atoms with E-state index >= 15 is 0 Å². The molecule has 1 aromatic heterocycles. The first-order chi connectivity index (χ1) is 19.0. The number of piperidine rings is 1. The molecule has 10 heteroatoms. The van der Waals surface area contributed by atoms with Gasteiger partial charge in [0.15, 0.2) is 11.5 Å². The van der Waals surface area contributed by atoms with Gasteiger partial charge in [0.1, 0.15) is 17.8 Å². The van der Waals surface area contributed by atoms with E-state index in [-0.39, 0.29) is 54.5 Å². The lowest BCUT2D eigenvalue weighted by Gasteiger charge is -2.39. The van der Waals surface area contributed by atoms with Crippen molar-refractivity contribution in [2.24, 2.45) is 17.8 Å². The fourth-order valence-corrected chi connectivity index (χ4v) is 6.24. The number of nitrogens with zero attached hydrogens (tertiary/aromatic N) is 3. The number of amides is 1. The lowest BCUT2D eigenvalue weighted by Crippen LogP contribution is -2.50. The van der Waals surface area contributed by atoms with E-state index < -0.39 is 18.0 Å². The number of aromatic nitrogens is 1. The highest BCUT2D eigenvalue weighted by atomic mass is 32.1. The number of ketones is 1. The van der Waals surface area contributed by atoms with Gasteiger partial charge in [0.25, 0.3) is 0 Å². The van der Waals surface area contributed by atoms with Gasteiger partial charge in [-0.05, 0) is 51.6 Å². The molecule has 1 fully saturated rings. The first kappa shape index (κ1) is 34.3. The van der Waals surface area contributed by atoms with Gasteiger partial charge in [-0.1, -0.05) is 47.5 Å². The van der Waals surface area contributed by atoms with Gasteiger partial charge in [-0.2, -0.15) is 0 Å². The maximum absolute atomic E-state index is 14.4. The second kappa shape index (κ2) is 17.2. The molecule has 1 aliphatic heterocycles. The third-order valence-electron chi connectivity index (χ3n) is 8.09. The van der Waals surface area contributed by atoms with Crippen LogP contribution < -0.4 is 0 Å². The minimum absolute atomic E-state index is 0.00327. The average molecular weight is 582 g/mol. The zero-order valence-electron chi connectivity index (χ0n) is 25.6. The molecule has 1 aromatic rings. The average Bonchev–Trinajstić information content (AvgIpc) is 3.43. The van der Waals surface area contributed by atoms with Crippen LogP contribution in [0.15, 0.2) is 5.38 Å². The first-order valence-electron chi connectivity index (χ1n) is 15.0. The summed E-state index contributed by atoms with van der Waals surface area (Å²) in [6.07, 6.45) is 4.79. The Labute approximate surface area is 244 Å². The van der Waals surface area contributed by atoms with Crippen LogP contribution in [0.3, 0.4) is 0 Å². The van der Waals surface area contributed by atoms with E-state index in [1.165, 1.54) is 16.7 Å². The number of carbonyl (C=O) groups is 3. The van der Waals surface area contributed by atoms with Gasteiger partial charge in [-0.3, -0.25) is 14.5 Å². The van der Waals surface area contributed by atoms with Crippen molar-refractivity contribution in [1.82, 2.24) is 14.8 Å². The summed E-state index contributed by atoms with van der Waals surface area (Å²) in [6.45, 7) is 14.2. The summed E-state index contributed by atoms with van der Waals surface area (Å²) in [7, 11) is 2.00. The smallest absolute Gasteiger partial charge is 0.355 e. The molecule has 2 rings (SSSR count). The van der Waals surface area contributed by atoms with Crippen LogP contribution in [0.2, 0.25) is 0 Å². The van der Waals surface area contributed by atoms with Crippen molar-refractivity contribution >= 4 is 29.0 Å². The normalized spacial score (nSPS) is 19.2. The largest absolute Gasteiger partial charge is 0.476 e. The number of hydrogen-bond acceptors (Lipinski definition) is 8. The Bertz CT molecular complexity index is 938. The third-order valence-corrected chi connectivity index (χ3v) is 9.03. The molecule has 1 saturated heterocycles. The van der Waals surface area contributed by atoms with E-state index in [4.69, 9.17) is 9.47 Å². The molecule has 9 nitrogen and oxygen atoms in total. The number of ether oxygens (including phenoxy) is 2. The molecule has 0 saturated carbocycles.